The minimum Gasteiger partial charge on any atom is -0.396 e. The lowest BCUT2D eigenvalue weighted by Crippen LogP contribution is -2.05. The molecule has 6 heteroatoms. The lowest BCUT2D eigenvalue weighted by molar-refractivity contribution is 0.0993. The van der Waals surface area contributed by atoms with Gasteiger partial charge in [0.25, 0.3) is 0 Å². The van der Waals surface area contributed by atoms with Gasteiger partial charge in [0, 0.05) is 12.0 Å². The van der Waals surface area contributed by atoms with Crippen molar-refractivity contribution in [3.05, 3.63) is 61.8 Å². The maximum atomic E-state index is 13.4. The molecule has 2 rings (SSSR count). The maximum Gasteiger partial charge on any atom is 0.167 e. The van der Waals surface area contributed by atoms with Gasteiger partial charge in [-0.15, -0.1) is 0 Å². The number of anilines is 1. The van der Waals surface area contributed by atoms with Crippen LogP contribution in [-0.4, -0.2) is 5.78 Å². The van der Waals surface area contributed by atoms with Gasteiger partial charge in [0.15, 0.2) is 5.78 Å². The second-order valence-corrected chi connectivity index (χ2v) is 5.77. The maximum absolute atomic E-state index is 13.4. The monoisotopic (exact) mass is 375 g/mol. The summed E-state index contributed by atoms with van der Waals surface area (Å²) in [5.74, 6) is -0.635. The van der Waals surface area contributed by atoms with E-state index >= 15 is 0 Å². The topological polar surface area (TPSA) is 43.1 Å². The van der Waals surface area contributed by atoms with E-state index in [0.717, 1.165) is 0 Å². The van der Waals surface area contributed by atoms with Gasteiger partial charge < -0.3 is 5.73 Å². The van der Waals surface area contributed by atoms with Crippen molar-refractivity contribution < 1.29 is 9.18 Å². The average molecular weight is 377 g/mol. The molecule has 0 aliphatic heterocycles. The molecule has 0 saturated heterocycles. The van der Waals surface area contributed by atoms with Crippen LogP contribution in [0.4, 0.5) is 10.1 Å². The fraction of sp³-hybridized carbons (Fsp3) is 0.0714. The number of ketones is 1. The van der Waals surface area contributed by atoms with Gasteiger partial charge in [-0.3, -0.25) is 4.79 Å². The van der Waals surface area contributed by atoms with Crippen LogP contribution in [0.5, 0.6) is 0 Å². The number of carbonyl (C=O) groups excluding carboxylic acids is 1. The summed E-state index contributed by atoms with van der Waals surface area (Å²) in [6.07, 6.45) is 0.0366. The molecule has 0 aliphatic rings. The van der Waals surface area contributed by atoms with Crippen LogP contribution in [-0.2, 0) is 6.42 Å². The van der Waals surface area contributed by atoms with E-state index in [9.17, 15) is 9.18 Å². The predicted molar refractivity (Wildman–Crippen MR) is 83.0 cm³/mol. The number of rotatable bonds is 3. The van der Waals surface area contributed by atoms with Crippen LogP contribution >= 0.6 is 39.1 Å². The first-order valence-electron chi connectivity index (χ1n) is 5.60. The standard InChI is InChI=1S/C14H9BrCl2FNO/c15-13-7(2-1-3-11(13)18)6-12(20)8-4-9(16)14(19)10(17)5-8/h1-5H,6,19H2. The Kier molecular flexibility index (Phi) is 4.68. The predicted octanol–water partition coefficient (Wildman–Crippen LogP) is 4.90. The van der Waals surface area contributed by atoms with Gasteiger partial charge in [0.05, 0.1) is 20.2 Å². The Morgan fingerprint density at radius 2 is 1.85 bits per heavy atom. The Hall–Kier alpha value is -1.10. The Balaban J connectivity index is 2.31. The third kappa shape index (κ3) is 3.14. The smallest absolute Gasteiger partial charge is 0.167 e. The molecule has 0 aromatic heterocycles. The SMILES string of the molecule is Nc1c(Cl)cc(C(=O)Cc2cccc(F)c2Br)cc1Cl. The quantitative estimate of drug-likeness (QED) is 0.611. The van der Waals surface area contributed by atoms with Crippen molar-refractivity contribution in [2.45, 2.75) is 6.42 Å². The van der Waals surface area contributed by atoms with Gasteiger partial charge in [-0.25, -0.2) is 4.39 Å². The Labute approximate surface area is 133 Å². The molecule has 0 saturated carbocycles. The zero-order chi connectivity index (χ0) is 14.9. The van der Waals surface area contributed by atoms with Crippen molar-refractivity contribution >= 4 is 50.6 Å². The van der Waals surface area contributed by atoms with Crippen LogP contribution in [0.3, 0.4) is 0 Å². The molecule has 2 aromatic rings. The zero-order valence-electron chi connectivity index (χ0n) is 10.1. The Bertz CT molecular complexity index is 668. The van der Waals surface area contributed by atoms with Crippen LogP contribution in [0, 0.1) is 5.82 Å². The molecule has 2 N–H and O–H groups in total. The van der Waals surface area contributed by atoms with Crippen LogP contribution in [0.2, 0.25) is 10.0 Å². The van der Waals surface area contributed by atoms with E-state index in [2.05, 4.69) is 15.9 Å². The molecule has 0 radical (unpaired) electrons. The molecule has 2 nitrogen and oxygen atoms in total. The summed E-state index contributed by atoms with van der Waals surface area (Å²) < 4.78 is 13.7. The fourth-order valence-corrected chi connectivity index (χ4v) is 2.60. The summed E-state index contributed by atoms with van der Waals surface area (Å²) in [5, 5.41) is 0.443. The van der Waals surface area contributed by atoms with Crippen molar-refractivity contribution in [3.63, 3.8) is 0 Å². The molecular formula is C14H9BrCl2FNO. The normalized spacial score (nSPS) is 10.6. The first-order chi connectivity index (χ1) is 9.40. The minimum atomic E-state index is -0.413. The summed E-state index contributed by atoms with van der Waals surface area (Å²) in [7, 11) is 0. The number of Topliss-reactive ketones (excluding diaryl/α,β-unsaturated/α-hetero) is 1. The van der Waals surface area contributed by atoms with Gasteiger partial charge in [0.1, 0.15) is 5.82 Å². The zero-order valence-corrected chi connectivity index (χ0v) is 13.2. The van der Waals surface area contributed by atoms with Crippen molar-refractivity contribution in [1.29, 1.82) is 0 Å². The molecule has 104 valence electrons. The first-order valence-corrected chi connectivity index (χ1v) is 7.15. The summed E-state index contributed by atoms with van der Waals surface area (Å²) in [6, 6.07) is 7.45. The third-order valence-electron chi connectivity index (χ3n) is 2.78. The molecule has 0 spiro atoms. The molecule has 0 aliphatic carbocycles. The first kappa shape index (κ1) is 15.3. The molecule has 0 fully saturated rings. The largest absolute Gasteiger partial charge is 0.396 e. The number of benzene rings is 2. The highest BCUT2D eigenvalue weighted by molar-refractivity contribution is 9.10. The van der Waals surface area contributed by atoms with E-state index in [1.54, 1.807) is 12.1 Å². The van der Waals surface area contributed by atoms with E-state index in [1.165, 1.54) is 18.2 Å². The van der Waals surface area contributed by atoms with Crippen LogP contribution in [0.25, 0.3) is 0 Å². The number of nitrogens with two attached hydrogens (primary N) is 1. The van der Waals surface area contributed by atoms with Gasteiger partial charge in [-0.2, -0.15) is 0 Å². The van der Waals surface area contributed by atoms with Gasteiger partial charge in [-0.1, -0.05) is 35.3 Å². The fourth-order valence-electron chi connectivity index (χ4n) is 1.71. The lowest BCUT2D eigenvalue weighted by Gasteiger charge is -2.07. The van der Waals surface area contributed by atoms with Crippen molar-refractivity contribution in [2.75, 3.05) is 5.73 Å². The lowest BCUT2D eigenvalue weighted by atomic mass is 10.0. The van der Waals surface area contributed by atoms with Crippen LogP contribution in [0.15, 0.2) is 34.8 Å². The Morgan fingerprint density at radius 3 is 2.45 bits per heavy atom. The molecule has 0 atom stereocenters. The molecule has 0 heterocycles. The van der Waals surface area contributed by atoms with Gasteiger partial charge in [-0.05, 0) is 39.7 Å². The van der Waals surface area contributed by atoms with Gasteiger partial charge in [0.2, 0.25) is 0 Å². The third-order valence-corrected chi connectivity index (χ3v) is 4.30. The second kappa shape index (κ2) is 6.12. The van der Waals surface area contributed by atoms with E-state index < -0.39 is 5.82 Å². The highest BCUT2D eigenvalue weighted by Crippen LogP contribution is 2.30. The molecule has 0 bridgehead atoms. The number of hydrogen-bond acceptors (Lipinski definition) is 2. The van der Waals surface area contributed by atoms with Crippen molar-refractivity contribution in [2.24, 2.45) is 0 Å². The highest BCUT2D eigenvalue weighted by Gasteiger charge is 2.14. The van der Waals surface area contributed by atoms with Crippen molar-refractivity contribution in [1.82, 2.24) is 0 Å². The molecule has 0 unspecified atom stereocenters. The highest BCUT2D eigenvalue weighted by atomic mass is 79.9. The molecular weight excluding hydrogens is 368 g/mol. The number of nitrogen functional groups attached to an aromatic ring is 1. The van der Waals surface area contributed by atoms with E-state index in [-0.39, 0.29) is 32.4 Å². The summed E-state index contributed by atoms with van der Waals surface area (Å²) in [6.45, 7) is 0. The van der Waals surface area contributed by atoms with E-state index in [0.29, 0.717) is 11.1 Å². The Morgan fingerprint density at radius 1 is 1.25 bits per heavy atom. The van der Waals surface area contributed by atoms with Crippen LogP contribution < -0.4 is 5.73 Å². The summed E-state index contributed by atoms with van der Waals surface area (Å²) in [5.41, 5.74) is 6.74. The molecule has 0 amide bonds. The average Bonchev–Trinajstić information content (AvgIpc) is 2.40. The summed E-state index contributed by atoms with van der Waals surface area (Å²) in [4.78, 5) is 12.2. The van der Waals surface area contributed by atoms with E-state index in [1.807, 2.05) is 0 Å². The number of hydrogen-bond donors (Lipinski definition) is 1. The van der Waals surface area contributed by atoms with Crippen LogP contribution in [0.1, 0.15) is 15.9 Å². The number of halogens is 4. The number of carbonyl (C=O) groups is 1. The van der Waals surface area contributed by atoms with Gasteiger partial charge >= 0.3 is 0 Å². The second-order valence-electron chi connectivity index (χ2n) is 4.17. The summed E-state index contributed by atoms with van der Waals surface area (Å²) >= 11 is 14.9. The minimum absolute atomic E-state index is 0.0366. The molecule has 2 aromatic carbocycles. The van der Waals surface area contributed by atoms with Crippen molar-refractivity contribution in [3.8, 4) is 0 Å². The van der Waals surface area contributed by atoms with E-state index in [4.69, 9.17) is 28.9 Å². The molecule has 20 heavy (non-hydrogen) atoms.